The number of hydrogen-bond donors (Lipinski definition) is 1. The first-order valence-electron chi connectivity index (χ1n) is 5.61. The van der Waals surface area contributed by atoms with Gasteiger partial charge in [0.25, 0.3) is 5.91 Å². The summed E-state index contributed by atoms with van der Waals surface area (Å²) < 4.78 is 26.7. The Labute approximate surface area is 118 Å². The van der Waals surface area contributed by atoms with Crippen LogP contribution in [0.4, 0.5) is 8.78 Å². The number of nitrogens with zero attached hydrogens (tertiary/aromatic N) is 1. The van der Waals surface area contributed by atoms with Gasteiger partial charge in [-0.3, -0.25) is 4.79 Å². The van der Waals surface area contributed by atoms with Crippen molar-refractivity contribution >= 4 is 23.7 Å². The van der Waals surface area contributed by atoms with Gasteiger partial charge in [-0.2, -0.15) is 5.10 Å². The molecule has 0 aliphatic rings. The van der Waals surface area contributed by atoms with Gasteiger partial charge >= 0.3 is 0 Å². The zero-order chi connectivity index (χ0) is 14.5. The Kier molecular flexibility index (Phi) is 4.42. The summed E-state index contributed by atoms with van der Waals surface area (Å²) in [5.41, 5.74) is 2.00. The Morgan fingerprint density at radius 2 is 1.80 bits per heavy atom. The number of halogens is 3. The molecule has 0 radical (unpaired) electrons. The predicted octanol–water partition coefficient (Wildman–Crippen LogP) is 3.38. The standard InChI is InChI=1S/C14H9ClF2N2O/c15-11-5-3-7-13(17)10(11)8-18-19-14(20)9-4-1-2-6-12(9)16/h1-8H,(H,19,20)/b18-8-. The van der Waals surface area contributed by atoms with Crippen molar-refractivity contribution in [3.05, 3.63) is 70.2 Å². The van der Waals surface area contributed by atoms with Gasteiger partial charge in [-0.1, -0.05) is 29.8 Å². The fourth-order valence-electron chi connectivity index (χ4n) is 1.50. The molecule has 102 valence electrons. The van der Waals surface area contributed by atoms with Crippen LogP contribution in [0.3, 0.4) is 0 Å². The number of benzene rings is 2. The highest BCUT2D eigenvalue weighted by Crippen LogP contribution is 2.16. The molecule has 2 aromatic carbocycles. The highest BCUT2D eigenvalue weighted by atomic mass is 35.5. The van der Waals surface area contributed by atoms with E-state index in [1.54, 1.807) is 0 Å². The van der Waals surface area contributed by atoms with Crippen molar-refractivity contribution in [2.45, 2.75) is 0 Å². The van der Waals surface area contributed by atoms with Crippen LogP contribution in [0.25, 0.3) is 0 Å². The molecule has 0 aliphatic carbocycles. The predicted molar refractivity (Wildman–Crippen MR) is 72.9 cm³/mol. The lowest BCUT2D eigenvalue weighted by Gasteiger charge is -2.02. The van der Waals surface area contributed by atoms with Crippen LogP contribution in [0.15, 0.2) is 47.6 Å². The third-order valence-electron chi connectivity index (χ3n) is 2.48. The molecule has 0 heterocycles. The molecule has 0 atom stereocenters. The van der Waals surface area contributed by atoms with Crippen molar-refractivity contribution in [3.8, 4) is 0 Å². The van der Waals surface area contributed by atoms with Crippen LogP contribution in [-0.2, 0) is 0 Å². The molecule has 0 spiro atoms. The molecule has 0 unspecified atom stereocenters. The Bertz CT molecular complexity index is 654. The third-order valence-corrected chi connectivity index (χ3v) is 2.81. The van der Waals surface area contributed by atoms with Gasteiger partial charge in [0.2, 0.25) is 0 Å². The summed E-state index contributed by atoms with van der Waals surface area (Å²) in [7, 11) is 0. The number of nitrogens with one attached hydrogen (secondary N) is 1. The van der Waals surface area contributed by atoms with Crippen LogP contribution in [0.2, 0.25) is 5.02 Å². The summed E-state index contributed by atoms with van der Waals surface area (Å²) in [4.78, 5) is 11.6. The first-order chi connectivity index (χ1) is 9.59. The van der Waals surface area contributed by atoms with Gasteiger partial charge in [0.15, 0.2) is 0 Å². The van der Waals surface area contributed by atoms with Crippen LogP contribution in [-0.4, -0.2) is 12.1 Å². The summed E-state index contributed by atoms with van der Waals surface area (Å²) in [6.45, 7) is 0. The lowest BCUT2D eigenvalue weighted by atomic mass is 10.2. The van der Waals surface area contributed by atoms with Crippen molar-refractivity contribution < 1.29 is 13.6 Å². The smallest absolute Gasteiger partial charge is 0.267 e. The Balaban J connectivity index is 2.11. The fraction of sp³-hybridized carbons (Fsp3) is 0. The molecule has 20 heavy (non-hydrogen) atoms. The van der Waals surface area contributed by atoms with Gasteiger partial charge in [-0.05, 0) is 24.3 Å². The lowest BCUT2D eigenvalue weighted by molar-refractivity contribution is 0.0951. The molecule has 0 saturated carbocycles. The van der Waals surface area contributed by atoms with E-state index in [1.807, 2.05) is 0 Å². The zero-order valence-electron chi connectivity index (χ0n) is 10.1. The van der Waals surface area contributed by atoms with E-state index in [0.717, 1.165) is 12.3 Å². The molecule has 3 nitrogen and oxygen atoms in total. The molecule has 0 aromatic heterocycles. The van der Waals surface area contributed by atoms with Crippen molar-refractivity contribution in [2.24, 2.45) is 5.10 Å². The van der Waals surface area contributed by atoms with Gasteiger partial charge < -0.3 is 0 Å². The van der Waals surface area contributed by atoms with Crippen molar-refractivity contribution in [1.29, 1.82) is 0 Å². The summed E-state index contributed by atoms with van der Waals surface area (Å²) in [5.74, 6) is -1.96. The molecular formula is C14H9ClF2N2O. The molecule has 2 rings (SSSR count). The van der Waals surface area contributed by atoms with E-state index in [4.69, 9.17) is 11.6 Å². The van der Waals surface area contributed by atoms with Crippen LogP contribution < -0.4 is 5.43 Å². The fourth-order valence-corrected chi connectivity index (χ4v) is 1.71. The van der Waals surface area contributed by atoms with Crippen LogP contribution in [0.1, 0.15) is 15.9 Å². The minimum absolute atomic E-state index is 0.0444. The minimum atomic E-state index is -0.730. The van der Waals surface area contributed by atoms with Crippen molar-refractivity contribution in [1.82, 2.24) is 5.43 Å². The molecule has 6 heteroatoms. The molecule has 2 aromatic rings. The van der Waals surface area contributed by atoms with Crippen LogP contribution >= 0.6 is 11.6 Å². The average Bonchev–Trinajstić information content (AvgIpc) is 2.42. The molecule has 1 amide bonds. The third kappa shape index (κ3) is 3.19. The number of hydrazone groups is 1. The number of amides is 1. The topological polar surface area (TPSA) is 41.5 Å². The van der Waals surface area contributed by atoms with Crippen LogP contribution in [0, 0.1) is 11.6 Å². The van der Waals surface area contributed by atoms with Crippen molar-refractivity contribution in [3.63, 3.8) is 0 Å². The molecule has 0 bridgehead atoms. The van der Waals surface area contributed by atoms with Crippen molar-refractivity contribution in [2.75, 3.05) is 0 Å². The van der Waals surface area contributed by atoms with E-state index in [9.17, 15) is 13.6 Å². The van der Waals surface area contributed by atoms with Gasteiger partial charge in [0.1, 0.15) is 11.6 Å². The van der Waals surface area contributed by atoms with Crippen LogP contribution in [0.5, 0.6) is 0 Å². The van der Waals surface area contributed by atoms with Gasteiger partial charge in [0, 0.05) is 5.56 Å². The van der Waals surface area contributed by atoms with E-state index in [1.165, 1.54) is 36.4 Å². The maximum absolute atomic E-state index is 13.4. The SMILES string of the molecule is O=C(N/N=C\c1c(F)cccc1Cl)c1ccccc1F. The first-order valence-corrected chi connectivity index (χ1v) is 5.99. The average molecular weight is 295 g/mol. The molecule has 0 fully saturated rings. The van der Waals surface area contributed by atoms with E-state index < -0.39 is 17.5 Å². The second-order valence-electron chi connectivity index (χ2n) is 3.81. The summed E-state index contributed by atoms with van der Waals surface area (Å²) in [5, 5.41) is 3.73. The summed E-state index contributed by atoms with van der Waals surface area (Å²) in [6, 6.07) is 9.62. The van der Waals surface area contributed by atoms with E-state index in [0.29, 0.717) is 0 Å². The Morgan fingerprint density at radius 3 is 2.50 bits per heavy atom. The quantitative estimate of drug-likeness (QED) is 0.684. The minimum Gasteiger partial charge on any atom is -0.267 e. The largest absolute Gasteiger partial charge is 0.274 e. The van der Waals surface area contributed by atoms with E-state index in [-0.39, 0.29) is 16.1 Å². The molecular weight excluding hydrogens is 286 g/mol. The highest BCUT2D eigenvalue weighted by Gasteiger charge is 2.09. The van der Waals surface area contributed by atoms with Gasteiger partial charge in [-0.15, -0.1) is 0 Å². The first kappa shape index (κ1) is 14.1. The molecule has 0 aliphatic heterocycles. The number of carbonyl (C=O) groups is 1. The summed E-state index contributed by atoms with van der Waals surface area (Å²) >= 11 is 5.78. The van der Waals surface area contributed by atoms with E-state index in [2.05, 4.69) is 10.5 Å². The number of hydrogen-bond acceptors (Lipinski definition) is 2. The maximum Gasteiger partial charge on any atom is 0.274 e. The second-order valence-corrected chi connectivity index (χ2v) is 4.22. The maximum atomic E-state index is 13.4. The number of carbonyl (C=O) groups excluding carboxylic acids is 1. The highest BCUT2D eigenvalue weighted by molar-refractivity contribution is 6.33. The van der Waals surface area contributed by atoms with E-state index >= 15 is 0 Å². The molecule has 0 saturated heterocycles. The van der Waals surface area contributed by atoms with Gasteiger partial charge in [-0.25, -0.2) is 14.2 Å². The monoisotopic (exact) mass is 294 g/mol. The second kappa shape index (κ2) is 6.25. The summed E-state index contributed by atoms with van der Waals surface area (Å²) in [6.07, 6.45) is 1.07. The Morgan fingerprint density at radius 1 is 1.10 bits per heavy atom. The van der Waals surface area contributed by atoms with Gasteiger partial charge in [0.05, 0.1) is 16.8 Å². The lowest BCUT2D eigenvalue weighted by Crippen LogP contribution is -2.19. The molecule has 1 N–H and O–H groups in total. The normalized spacial score (nSPS) is 10.8. The zero-order valence-corrected chi connectivity index (χ0v) is 10.9. The number of rotatable bonds is 3. The Hall–Kier alpha value is -2.27.